The van der Waals surface area contributed by atoms with Crippen molar-refractivity contribution in [3.63, 3.8) is 0 Å². The molecule has 0 aliphatic rings. The third kappa shape index (κ3) is 2.18. The lowest BCUT2D eigenvalue weighted by atomic mass is 10.2. The van der Waals surface area contributed by atoms with E-state index in [1.165, 1.54) is 4.57 Å². The zero-order chi connectivity index (χ0) is 13.0. The van der Waals surface area contributed by atoms with Gasteiger partial charge in [-0.2, -0.15) is 5.26 Å². The molecule has 0 bridgehead atoms. The Labute approximate surface area is 107 Å². The fourth-order valence-electron chi connectivity index (χ4n) is 1.66. The largest absolute Gasteiger partial charge is 0.293 e. The number of fused-ring (bicyclic) bond motifs is 1. The summed E-state index contributed by atoms with van der Waals surface area (Å²) in [6, 6.07) is 8.98. The van der Waals surface area contributed by atoms with E-state index in [0.717, 1.165) is 11.4 Å². The summed E-state index contributed by atoms with van der Waals surface area (Å²) in [5.41, 5.74) is 0.389. The minimum Gasteiger partial charge on any atom is -0.278 e. The summed E-state index contributed by atoms with van der Waals surface area (Å²) in [5, 5.41) is 18.3. The molecular weight excluding hydrogens is 248 g/mol. The fraction of sp³-hybridized carbons (Fsp3) is 0.167. The minimum absolute atomic E-state index is 0.0371. The van der Waals surface area contributed by atoms with Gasteiger partial charge in [0, 0.05) is 0 Å². The Kier molecular flexibility index (Phi) is 3.58. The molecule has 0 spiro atoms. The molecule has 6 heteroatoms. The average molecular weight is 257 g/mol. The van der Waals surface area contributed by atoms with E-state index in [1.54, 1.807) is 18.2 Å². The highest BCUT2D eigenvalue weighted by molar-refractivity contribution is 7.75. The molecule has 2 aromatic rings. The minimum atomic E-state index is -0.220. The van der Waals surface area contributed by atoms with E-state index in [0.29, 0.717) is 22.5 Å². The SMILES string of the molecule is N#CCn1c(C[S+]=C=N)nc2ccccc2c1=O. The van der Waals surface area contributed by atoms with Gasteiger partial charge in [-0.05, 0) is 12.1 Å². The summed E-state index contributed by atoms with van der Waals surface area (Å²) < 4.78 is 1.34. The van der Waals surface area contributed by atoms with Gasteiger partial charge in [0.1, 0.15) is 6.54 Å². The van der Waals surface area contributed by atoms with Gasteiger partial charge < -0.3 is 0 Å². The van der Waals surface area contributed by atoms with Crippen molar-refractivity contribution in [1.82, 2.24) is 9.55 Å². The number of rotatable bonds is 3. The Morgan fingerprint density at radius 2 is 2.22 bits per heavy atom. The molecule has 18 heavy (non-hydrogen) atoms. The van der Waals surface area contributed by atoms with Crippen LogP contribution in [0.5, 0.6) is 0 Å². The molecule has 88 valence electrons. The first-order valence-corrected chi connectivity index (χ1v) is 6.15. The summed E-state index contributed by atoms with van der Waals surface area (Å²) in [6.07, 6.45) is 0. The lowest BCUT2D eigenvalue weighted by Gasteiger charge is -2.05. The Balaban J connectivity index is 2.75. The van der Waals surface area contributed by atoms with E-state index >= 15 is 0 Å². The maximum absolute atomic E-state index is 12.2. The number of hydrogen-bond acceptors (Lipinski definition) is 4. The number of benzene rings is 1. The van der Waals surface area contributed by atoms with Gasteiger partial charge in [0.2, 0.25) is 5.75 Å². The summed E-state index contributed by atoms with van der Waals surface area (Å²) in [4.78, 5) is 16.6. The molecule has 0 saturated heterocycles. The molecule has 0 unspecified atom stereocenters. The molecule has 0 aliphatic heterocycles. The second-order valence-corrected chi connectivity index (χ2v) is 4.27. The van der Waals surface area contributed by atoms with E-state index in [1.807, 2.05) is 12.1 Å². The van der Waals surface area contributed by atoms with Crippen LogP contribution in [0.3, 0.4) is 0 Å². The van der Waals surface area contributed by atoms with E-state index in [4.69, 9.17) is 10.7 Å². The standard InChI is InChI=1S/C12H9N4OS/c13-5-6-16-11(7-18-8-14)15-10-4-2-1-3-9(10)12(16)17/h1-4,14H,6-7H2/q+1. The van der Waals surface area contributed by atoms with Gasteiger partial charge in [-0.25, -0.2) is 10.4 Å². The Bertz CT molecular complexity index is 738. The van der Waals surface area contributed by atoms with Crippen molar-refractivity contribution in [3.05, 3.63) is 40.4 Å². The molecule has 0 atom stereocenters. The normalized spacial score (nSPS) is 9.72. The summed E-state index contributed by atoms with van der Waals surface area (Å²) in [5.74, 6) is 0.843. The van der Waals surface area contributed by atoms with E-state index in [2.05, 4.69) is 10.1 Å². The van der Waals surface area contributed by atoms with Crippen LogP contribution in [0.4, 0.5) is 0 Å². The van der Waals surface area contributed by atoms with Crippen molar-refractivity contribution in [1.29, 1.82) is 10.7 Å². The van der Waals surface area contributed by atoms with Crippen LogP contribution in [0.25, 0.3) is 10.9 Å². The highest BCUT2D eigenvalue weighted by Gasteiger charge is 2.13. The van der Waals surface area contributed by atoms with Gasteiger partial charge in [0.05, 0.1) is 17.0 Å². The molecule has 5 nitrogen and oxygen atoms in total. The zero-order valence-electron chi connectivity index (χ0n) is 9.38. The number of para-hydroxylation sites is 1. The van der Waals surface area contributed by atoms with Crippen LogP contribution >= 0.6 is 0 Å². The zero-order valence-corrected chi connectivity index (χ0v) is 10.2. The number of nitrogens with zero attached hydrogens (tertiary/aromatic N) is 3. The first kappa shape index (κ1) is 12.1. The number of hydrogen-bond donors (Lipinski definition) is 1. The summed E-state index contributed by atoms with van der Waals surface area (Å²) in [7, 11) is 0. The lowest BCUT2D eigenvalue weighted by molar-refractivity contribution is 0.731. The van der Waals surface area contributed by atoms with Crippen LogP contribution in [-0.2, 0) is 23.6 Å². The topological polar surface area (TPSA) is 82.5 Å². The monoisotopic (exact) mass is 257 g/mol. The maximum atomic E-state index is 12.2. The predicted molar refractivity (Wildman–Crippen MR) is 70.4 cm³/mol. The number of isothiocyanates is 1. The average Bonchev–Trinajstić information content (AvgIpc) is 2.40. The summed E-state index contributed by atoms with van der Waals surface area (Å²) in [6.45, 7) is -0.0371. The van der Waals surface area contributed by atoms with E-state index in [-0.39, 0.29) is 12.1 Å². The van der Waals surface area contributed by atoms with Gasteiger partial charge in [-0.1, -0.05) is 12.1 Å². The number of aromatic nitrogens is 2. The van der Waals surface area contributed by atoms with Crippen molar-refractivity contribution in [3.8, 4) is 6.07 Å². The first-order valence-electron chi connectivity index (χ1n) is 5.17. The van der Waals surface area contributed by atoms with Gasteiger partial charge in [0.15, 0.2) is 5.82 Å². The van der Waals surface area contributed by atoms with Crippen LogP contribution in [0, 0.1) is 16.7 Å². The van der Waals surface area contributed by atoms with Crippen LogP contribution in [0.15, 0.2) is 29.1 Å². The van der Waals surface area contributed by atoms with Crippen molar-refractivity contribution < 1.29 is 0 Å². The van der Waals surface area contributed by atoms with Crippen molar-refractivity contribution in [2.24, 2.45) is 0 Å². The number of nitrogens with one attached hydrogen (secondary N) is 1. The molecule has 1 aromatic heterocycles. The van der Waals surface area contributed by atoms with Crippen molar-refractivity contribution in [2.45, 2.75) is 12.3 Å². The molecule has 0 radical (unpaired) electrons. The van der Waals surface area contributed by atoms with E-state index in [9.17, 15) is 4.79 Å². The number of nitriles is 1. The molecule has 1 N–H and O–H groups in total. The van der Waals surface area contributed by atoms with E-state index < -0.39 is 0 Å². The lowest BCUT2D eigenvalue weighted by Crippen LogP contribution is -2.25. The highest BCUT2D eigenvalue weighted by Crippen LogP contribution is 2.08. The second-order valence-electron chi connectivity index (χ2n) is 3.49. The highest BCUT2D eigenvalue weighted by atomic mass is 32.1. The maximum Gasteiger partial charge on any atom is 0.293 e. The van der Waals surface area contributed by atoms with Crippen molar-refractivity contribution in [2.75, 3.05) is 0 Å². The quantitative estimate of drug-likeness (QED) is 0.505. The third-order valence-corrected chi connectivity index (χ3v) is 2.99. The smallest absolute Gasteiger partial charge is 0.278 e. The molecule has 1 aromatic carbocycles. The molecule has 0 saturated carbocycles. The first-order chi connectivity index (χ1) is 8.77. The Morgan fingerprint density at radius 1 is 1.44 bits per heavy atom. The van der Waals surface area contributed by atoms with Crippen LogP contribution < -0.4 is 5.56 Å². The van der Waals surface area contributed by atoms with Crippen LogP contribution in [0.1, 0.15) is 5.82 Å². The molecular formula is C12H9N4OS+. The van der Waals surface area contributed by atoms with Crippen molar-refractivity contribution >= 4 is 27.4 Å². The predicted octanol–water partition coefficient (Wildman–Crippen LogP) is 0.987. The fourth-order valence-corrected chi connectivity index (χ4v) is 2.08. The van der Waals surface area contributed by atoms with Gasteiger partial charge in [0.25, 0.3) is 22.1 Å². The van der Waals surface area contributed by atoms with Gasteiger partial charge in [-0.15, -0.1) is 0 Å². The Morgan fingerprint density at radius 3 is 2.94 bits per heavy atom. The second kappa shape index (κ2) is 5.32. The van der Waals surface area contributed by atoms with Gasteiger partial charge in [-0.3, -0.25) is 9.36 Å². The summed E-state index contributed by atoms with van der Waals surface area (Å²) >= 11 is 1.10. The van der Waals surface area contributed by atoms with Crippen LogP contribution in [-0.4, -0.2) is 14.7 Å². The third-order valence-electron chi connectivity index (χ3n) is 2.44. The Hall–Kier alpha value is -2.35. The van der Waals surface area contributed by atoms with Crippen LogP contribution in [0.2, 0.25) is 0 Å². The molecule has 0 aliphatic carbocycles. The molecule has 0 amide bonds. The van der Waals surface area contributed by atoms with Gasteiger partial charge >= 0.3 is 0 Å². The molecule has 2 rings (SSSR count). The molecule has 1 heterocycles. The molecule has 0 fully saturated rings.